The molecule has 0 rings (SSSR count). The highest BCUT2D eigenvalue weighted by Crippen LogP contribution is 2.07. The minimum Gasteiger partial charge on any atom is -0.442 e. The van der Waals surface area contributed by atoms with Crippen molar-refractivity contribution in [3.05, 3.63) is 0 Å². The number of carbonyl (C=O) groups excluding carboxylic acids is 1. The molecule has 6 heteroatoms. The Balaban J connectivity index is 3.57. The second-order valence-electron chi connectivity index (χ2n) is 5.12. The van der Waals surface area contributed by atoms with Gasteiger partial charge in [-0.25, -0.2) is 10.3 Å². The van der Waals surface area contributed by atoms with E-state index in [4.69, 9.17) is 14.1 Å². The molecule has 0 atom stereocenters. The molecule has 1 amide bonds. The van der Waals surface area contributed by atoms with Crippen LogP contribution in [-0.4, -0.2) is 25.0 Å². The van der Waals surface area contributed by atoms with E-state index in [1.165, 1.54) is 0 Å². The van der Waals surface area contributed by atoms with Gasteiger partial charge in [-0.05, 0) is 41.5 Å². The summed E-state index contributed by atoms with van der Waals surface area (Å²) in [6.07, 6.45) is -0.625. The van der Waals surface area contributed by atoms with Crippen LogP contribution in [0.2, 0.25) is 0 Å². The molecular formula is C9H20BNO4. The molecule has 1 N–H and O–H groups in total. The first-order chi connectivity index (χ1) is 6.60. The van der Waals surface area contributed by atoms with Gasteiger partial charge >= 0.3 is 13.8 Å². The number of rotatable bonds is 3. The Hall–Kier alpha value is -0.745. The summed E-state index contributed by atoms with van der Waals surface area (Å²) in [6, 6.07) is 0. The summed E-state index contributed by atoms with van der Waals surface area (Å²) in [6.45, 7) is 11.0. The third kappa shape index (κ3) is 11.2. The fourth-order valence-corrected chi connectivity index (χ4v) is 0.594. The van der Waals surface area contributed by atoms with Crippen LogP contribution in [0.25, 0.3) is 0 Å². The molecule has 0 aliphatic rings. The maximum atomic E-state index is 11.1. The van der Waals surface area contributed by atoms with Gasteiger partial charge in [-0.2, -0.15) is 0 Å². The molecule has 0 spiro atoms. The van der Waals surface area contributed by atoms with Crippen LogP contribution in [0.3, 0.4) is 0 Å². The molecule has 0 aliphatic carbocycles. The molecule has 88 valence electrons. The van der Waals surface area contributed by atoms with Gasteiger partial charge in [-0.3, -0.25) is 4.76 Å². The predicted octanol–water partition coefficient (Wildman–Crippen LogP) is 1.52. The highest BCUT2D eigenvalue weighted by Gasteiger charge is 2.17. The van der Waals surface area contributed by atoms with Crippen LogP contribution in [-0.2, 0) is 14.1 Å². The van der Waals surface area contributed by atoms with Crippen LogP contribution in [0.5, 0.6) is 0 Å². The summed E-state index contributed by atoms with van der Waals surface area (Å²) in [4.78, 5) is 11.1. The predicted molar refractivity (Wildman–Crippen MR) is 58.4 cm³/mol. The Morgan fingerprint density at radius 1 is 1.07 bits per heavy atom. The Labute approximate surface area is 91.7 Å². The normalized spacial score (nSPS) is 12.1. The van der Waals surface area contributed by atoms with Crippen LogP contribution in [0, 0.1) is 0 Å². The van der Waals surface area contributed by atoms with Crippen molar-refractivity contribution in [2.45, 2.75) is 52.7 Å². The standard InChI is InChI=1S/C9H20BNO4/c1-8(2,3)13-7(12)11-15-10-14-9(4,5)6/h10H,1-6H3,(H,11,12). The highest BCUT2D eigenvalue weighted by molar-refractivity contribution is 6.18. The smallest absolute Gasteiger partial charge is 0.442 e. The summed E-state index contributed by atoms with van der Waals surface area (Å²) < 4.78 is 14.9. The number of hydrogen-bond acceptors (Lipinski definition) is 4. The van der Waals surface area contributed by atoms with Gasteiger partial charge in [0.25, 0.3) is 0 Å². The molecule has 0 aliphatic heterocycles. The summed E-state index contributed by atoms with van der Waals surface area (Å²) in [5.74, 6) is 0. The third-order valence-corrected chi connectivity index (χ3v) is 1.11. The quantitative estimate of drug-likeness (QED) is 0.442. The second-order valence-corrected chi connectivity index (χ2v) is 5.12. The van der Waals surface area contributed by atoms with Crippen molar-refractivity contribution in [3.63, 3.8) is 0 Å². The van der Waals surface area contributed by atoms with Crippen LogP contribution in [0.4, 0.5) is 4.79 Å². The number of hydroxylamine groups is 1. The minimum absolute atomic E-state index is 0.0112. The van der Waals surface area contributed by atoms with Gasteiger partial charge in [0.15, 0.2) is 0 Å². The number of nitrogens with one attached hydrogen (secondary N) is 1. The van der Waals surface area contributed by atoms with E-state index >= 15 is 0 Å². The fraction of sp³-hybridized carbons (Fsp3) is 0.889. The van der Waals surface area contributed by atoms with Crippen molar-refractivity contribution >= 4 is 13.8 Å². The SMILES string of the molecule is CC(C)(C)OBONC(=O)OC(C)(C)C. The maximum absolute atomic E-state index is 11.1. The molecule has 0 aromatic rings. The largest absolute Gasteiger partial charge is 0.464 e. The molecule has 0 saturated carbocycles. The number of amides is 1. The zero-order valence-corrected chi connectivity index (χ0v) is 10.3. The summed E-state index contributed by atoms with van der Waals surface area (Å²) in [5, 5.41) is 0. The monoisotopic (exact) mass is 217 g/mol. The van der Waals surface area contributed by atoms with E-state index in [1.54, 1.807) is 20.8 Å². The van der Waals surface area contributed by atoms with Crippen molar-refractivity contribution < 1.29 is 18.9 Å². The summed E-state index contributed by atoms with van der Waals surface area (Å²) >= 11 is 0. The molecule has 5 nitrogen and oxygen atoms in total. The van der Waals surface area contributed by atoms with Gasteiger partial charge in [0, 0.05) is 5.60 Å². The number of ether oxygens (including phenoxy) is 1. The van der Waals surface area contributed by atoms with Crippen molar-refractivity contribution in [1.82, 2.24) is 5.48 Å². The van der Waals surface area contributed by atoms with Gasteiger partial charge in [0.1, 0.15) is 5.60 Å². The lowest BCUT2D eigenvalue weighted by atomic mass is 10.1. The van der Waals surface area contributed by atoms with E-state index in [1.807, 2.05) is 20.8 Å². The first-order valence-corrected chi connectivity index (χ1v) is 4.85. The average Bonchev–Trinajstić information content (AvgIpc) is 1.92. The van der Waals surface area contributed by atoms with Crippen LogP contribution in [0.15, 0.2) is 0 Å². The van der Waals surface area contributed by atoms with Gasteiger partial charge in [-0.1, -0.05) is 0 Å². The van der Waals surface area contributed by atoms with E-state index in [0.29, 0.717) is 0 Å². The lowest BCUT2D eigenvalue weighted by Crippen LogP contribution is -2.35. The Morgan fingerprint density at radius 3 is 2.00 bits per heavy atom. The lowest BCUT2D eigenvalue weighted by Gasteiger charge is -2.21. The molecule has 15 heavy (non-hydrogen) atoms. The molecule has 0 heterocycles. The Bertz CT molecular complexity index is 207. The van der Waals surface area contributed by atoms with Crippen LogP contribution in [0.1, 0.15) is 41.5 Å². The molecule has 0 saturated heterocycles. The van der Waals surface area contributed by atoms with Gasteiger partial charge in [0.2, 0.25) is 0 Å². The van der Waals surface area contributed by atoms with Crippen molar-refractivity contribution in [2.75, 3.05) is 0 Å². The van der Waals surface area contributed by atoms with E-state index < -0.39 is 11.7 Å². The molecule has 0 aromatic heterocycles. The van der Waals surface area contributed by atoms with Crippen molar-refractivity contribution in [2.24, 2.45) is 0 Å². The van der Waals surface area contributed by atoms with E-state index in [9.17, 15) is 4.79 Å². The molecule has 0 fully saturated rings. The average molecular weight is 217 g/mol. The van der Waals surface area contributed by atoms with Gasteiger partial charge in [-0.15, -0.1) is 0 Å². The topological polar surface area (TPSA) is 56.8 Å². The Morgan fingerprint density at radius 2 is 1.60 bits per heavy atom. The molecule has 0 bridgehead atoms. The summed E-state index contributed by atoms with van der Waals surface area (Å²) in [5.41, 5.74) is 1.30. The van der Waals surface area contributed by atoms with E-state index in [-0.39, 0.29) is 13.3 Å². The van der Waals surface area contributed by atoms with Crippen LogP contribution < -0.4 is 5.48 Å². The molecule has 0 aromatic carbocycles. The number of hydrogen-bond donors (Lipinski definition) is 1. The molecule has 0 unspecified atom stereocenters. The lowest BCUT2D eigenvalue weighted by molar-refractivity contribution is 0.0174. The second kappa shape index (κ2) is 5.37. The summed E-state index contributed by atoms with van der Waals surface area (Å²) in [7, 11) is -0.0112. The minimum atomic E-state index is -0.625. The van der Waals surface area contributed by atoms with Crippen molar-refractivity contribution in [3.8, 4) is 0 Å². The molecular weight excluding hydrogens is 197 g/mol. The van der Waals surface area contributed by atoms with Crippen LogP contribution >= 0.6 is 0 Å². The zero-order valence-electron chi connectivity index (χ0n) is 10.3. The van der Waals surface area contributed by atoms with Gasteiger partial charge in [0.05, 0.1) is 0 Å². The third-order valence-electron chi connectivity index (χ3n) is 1.11. The van der Waals surface area contributed by atoms with Crippen molar-refractivity contribution in [1.29, 1.82) is 0 Å². The maximum Gasteiger partial charge on any atom is 0.464 e. The Kier molecular flexibility index (Phi) is 5.10. The zero-order chi connectivity index (χ0) is 12.1. The van der Waals surface area contributed by atoms with Gasteiger partial charge < -0.3 is 9.39 Å². The van der Waals surface area contributed by atoms with E-state index in [2.05, 4.69) is 5.48 Å². The first-order valence-electron chi connectivity index (χ1n) is 4.85. The highest BCUT2D eigenvalue weighted by atomic mass is 16.7. The fourth-order valence-electron chi connectivity index (χ4n) is 0.594. The van der Waals surface area contributed by atoms with E-state index in [0.717, 1.165) is 0 Å². The first kappa shape index (κ1) is 14.3. The molecule has 0 radical (unpaired) electrons. The number of carbonyl (C=O) groups is 1.